The molecule has 8 nitrogen and oxygen atoms in total. The third-order valence-electron chi connectivity index (χ3n) is 4.98. The zero-order chi connectivity index (χ0) is 22.1. The van der Waals surface area contributed by atoms with Gasteiger partial charge in [0.05, 0.1) is 17.5 Å². The molecule has 4 N–H and O–H groups in total. The van der Waals surface area contributed by atoms with E-state index in [1.54, 1.807) is 39.0 Å². The minimum atomic E-state index is -1.33. The Kier molecular flexibility index (Phi) is 6.23. The van der Waals surface area contributed by atoms with Crippen molar-refractivity contribution < 1.29 is 29.3 Å². The summed E-state index contributed by atoms with van der Waals surface area (Å²) in [5.41, 5.74) is 0.248. The number of carboxylic acids is 2. The largest absolute Gasteiger partial charge is 0.493 e. The van der Waals surface area contributed by atoms with Crippen molar-refractivity contribution in [2.75, 3.05) is 6.61 Å². The summed E-state index contributed by atoms with van der Waals surface area (Å²) in [6.07, 6.45) is 0. The van der Waals surface area contributed by atoms with Crippen molar-refractivity contribution in [2.24, 2.45) is 0 Å². The third kappa shape index (κ3) is 4.22. The number of hydrogen-bond acceptors (Lipinski definition) is 6. The number of thioether (sulfide) groups is 1. The number of nitrogens with one attached hydrogen (secondary N) is 2. The predicted molar refractivity (Wildman–Crippen MR) is 114 cm³/mol. The van der Waals surface area contributed by atoms with E-state index in [9.17, 15) is 24.6 Å². The van der Waals surface area contributed by atoms with Gasteiger partial charge in [-0.2, -0.15) is 0 Å². The van der Waals surface area contributed by atoms with Crippen LogP contribution in [-0.4, -0.2) is 56.9 Å². The van der Waals surface area contributed by atoms with E-state index < -0.39 is 40.1 Å². The molecule has 160 valence electrons. The van der Waals surface area contributed by atoms with Crippen molar-refractivity contribution in [3.63, 3.8) is 0 Å². The molecule has 3 atom stereocenters. The third-order valence-corrected chi connectivity index (χ3v) is 6.48. The van der Waals surface area contributed by atoms with Gasteiger partial charge in [-0.1, -0.05) is 30.3 Å². The minimum absolute atomic E-state index is 0.248. The molecule has 0 unspecified atom stereocenters. The molecular weight excluding hydrogens is 408 g/mol. The summed E-state index contributed by atoms with van der Waals surface area (Å²) in [6.45, 7) is 5.59. The summed E-state index contributed by atoms with van der Waals surface area (Å²) in [7, 11) is 0. The summed E-state index contributed by atoms with van der Waals surface area (Å²) < 4.78 is 4.86. The summed E-state index contributed by atoms with van der Waals surface area (Å²) in [5, 5.41) is 25.2. The molecule has 0 aromatic heterocycles. The van der Waals surface area contributed by atoms with E-state index in [1.807, 2.05) is 18.2 Å². The molecular formula is C21H24N2O6S. The number of benzene rings is 2. The molecule has 0 saturated carbocycles. The van der Waals surface area contributed by atoms with Crippen molar-refractivity contribution in [3.8, 4) is 5.75 Å². The molecule has 2 aromatic carbocycles. The van der Waals surface area contributed by atoms with Gasteiger partial charge in [-0.3, -0.25) is 14.9 Å². The fraction of sp³-hybridized carbons (Fsp3) is 0.381. The Labute approximate surface area is 178 Å². The highest BCUT2D eigenvalue weighted by Gasteiger charge is 2.49. The minimum Gasteiger partial charge on any atom is -0.493 e. The van der Waals surface area contributed by atoms with Crippen molar-refractivity contribution in [2.45, 2.75) is 43.0 Å². The van der Waals surface area contributed by atoms with Crippen molar-refractivity contribution in [3.05, 3.63) is 42.0 Å². The molecule has 9 heteroatoms. The lowest BCUT2D eigenvalue weighted by Crippen LogP contribution is -2.53. The van der Waals surface area contributed by atoms with Gasteiger partial charge in [0.25, 0.3) is 5.91 Å². The molecule has 0 radical (unpaired) electrons. The van der Waals surface area contributed by atoms with Crippen LogP contribution in [0.2, 0.25) is 0 Å². The van der Waals surface area contributed by atoms with Gasteiger partial charge in [-0.15, -0.1) is 11.8 Å². The van der Waals surface area contributed by atoms with Crippen LogP contribution >= 0.6 is 11.8 Å². The van der Waals surface area contributed by atoms with E-state index in [4.69, 9.17) is 4.74 Å². The molecule has 1 fully saturated rings. The van der Waals surface area contributed by atoms with Gasteiger partial charge in [-0.25, -0.2) is 4.79 Å². The van der Waals surface area contributed by atoms with E-state index in [-0.39, 0.29) is 5.56 Å². The van der Waals surface area contributed by atoms with Crippen LogP contribution in [0, 0.1) is 0 Å². The fourth-order valence-corrected chi connectivity index (χ4v) is 5.05. The number of carboxylic acid groups (broad SMARTS) is 2. The first-order valence-electron chi connectivity index (χ1n) is 9.50. The van der Waals surface area contributed by atoms with Crippen LogP contribution < -0.4 is 15.4 Å². The van der Waals surface area contributed by atoms with Crippen LogP contribution in [0.5, 0.6) is 5.75 Å². The van der Waals surface area contributed by atoms with E-state index in [2.05, 4.69) is 10.6 Å². The Hall–Kier alpha value is -2.78. The number of fused-ring (bicyclic) bond motifs is 1. The zero-order valence-electron chi connectivity index (χ0n) is 16.8. The van der Waals surface area contributed by atoms with Crippen molar-refractivity contribution in [1.29, 1.82) is 0 Å². The molecule has 3 rings (SSSR count). The summed E-state index contributed by atoms with van der Waals surface area (Å²) in [5.74, 6) is -2.57. The van der Waals surface area contributed by atoms with Gasteiger partial charge in [0.15, 0.2) is 6.04 Å². The van der Waals surface area contributed by atoms with Crippen LogP contribution in [0.1, 0.15) is 31.1 Å². The number of ether oxygens (including phenoxy) is 1. The summed E-state index contributed by atoms with van der Waals surface area (Å²) in [4.78, 5) is 36.7. The molecule has 2 aromatic rings. The monoisotopic (exact) mass is 432 g/mol. The van der Waals surface area contributed by atoms with Gasteiger partial charge >= 0.3 is 11.9 Å². The summed E-state index contributed by atoms with van der Waals surface area (Å²) in [6, 6.07) is 8.50. The number of hydrogen-bond donors (Lipinski definition) is 4. The highest BCUT2D eigenvalue weighted by atomic mass is 32.2. The Morgan fingerprint density at radius 2 is 1.90 bits per heavy atom. The molecule has 0 bridgehead atoms. The van der Waals surface area contributed by atoms with E-state index in [0.29, 0.717) is 17.7 Å². The smallest absolute Gasteiger partial charge is 0.328 e. The SMILES string of the molecule is CCOc1ccc2ccccc2c1C(=O)N[C@H](C(=O)O)[C@@H]1N[C@@H](C(=O)O)C(C)(C)S1. The molecule has 1 aliphatic heterocycles. The number of carbonyl (C=O) groups excluding carboxylic acids is 1. The second-order valence-corrected chi connectivity index (χ2v) is 9.26. The number of rotatable bonds is 7. The lowest BCUT2D eigenvalue weighted by molar-refractivity contribution is -0.142. The van der Waals surface area contributed by atoms with Crippen LogP contribution in [0.25, 0.3) is 10.8 Å². The molecule has 1 amide bonds. The Bertz CT molecular complexity index is 993. The van der Waals surface area contributed by atoms with Gasteiger partial charge < -0.3 is 20.3 Å². The van der Waals surface area contributed by atoms with Gasteiger partial charge in [-0.05, 0) is 37.6 Å². The van der Waals surface area contributed by atoms with Crippen LogP contribution in [-0.2, 0) is 9.59 Å². The average molecular weight is 432 g/mol. The second kappa shape index (κ2) is 8.53. The maximum Gasteiger partial charge on any atom is 0.328 e. The molecule has 0 aliphatic carbocycles. The number of aliphatic carboxylic acids is 2. The highest BCUT2D eigenvalue weighted by molar-refractivity contribution is 8.01. The van der Waals surface area contributed by atoms with E-state index in [1.165, 1.54) is 11.8 Å². The Balaban J connectivity index is 1.94. The fourth-order valence-electron chi connectivity index (χ4n) is 3.57. The van der Waals surface area contributed by atoms with Crippen molar-refractivity contribution in [1.82, 2.24) is 10.6 Å². The van der Waals surface area contributed by atoms with Crippen LogP contribution in [0.4, 0.5) is 0 Å². The van der Waals surface area contributed by atoms with E-state index >= 15 is 0 Å². The van der Waals surface area contributed by atoms with Crippen LogP contribution in [0.15, 0.2) is 36.4 Å². The van der Waals surface area contributed by atoms with E-state index in [0.717, 1.165) is 5.39 Å². The first-order valence-corrected chi connectivity index (χ1v) is 10.4. The highest BCUT2D eigenvalue weighted by Crippen LogP contribution is 2.39. The second-order valence-electron chi connectivity index (χ2n) is 7.46. The summed E-state index contributed by atoms with van der Waals surface area (Å²) >= 11 is 1.18. The lowest BCUT2D eigenvalue weighted by Gasteiger charge is -2.23. The Morgan fingerprint density at radius 1 is 1.20 bits per heavy atom. The standard InChI is InChI=1S/C21H24N2O6S/c1-4-29-13-10-9-11-7-5-6-8-12(11)14(13)17(24)22-15(19(25)26)18-23-16(20(27)28)21(2,3)30-18/h5-10,15-16,18,23H,4H2,1-3H3,(H,22,24)(H,25,26)(H,27,28)/t15-,16-,18+/m0/s1. The lowest BCUT2D eigenvalue weighted by atomic mass is 10.0. The maximum atomic E-state index is 13.2. The first kappa shape index (κ1) is 21.9. The molecule has 0 spiro atoms. The molecule has 1 saturated heterocycles. The van der Waals surface area contributed by atoms with Gasteiger partial charge in [0.1, 0.15) is 11.8 Å². The first-order chi connectivity index (χ1) is 14.2. The van der Waals surface area contributed by atoms with Gasteiger partial charge in [0, 0.05) is 4.75 Å². The normalized spacial score (nSPS) is 21.2. The quantitative estimate of drug-likeness (QED) is 0.525. The predicted octanol–water partition coefficient (Wildman–Crippen LogP) is 2.32. The molecule has 1 heterocycles. The Morgan fingerprint density at radius 3 is 2.50 bits per heavy atom. The van der Waals surface area contributed by atoms with Crippen LogP contribution in [0.3, 0.4) is 0 Å². The van der Waals surface area contributed by atoms with Gasteiger partial charge in [0.2, 0.25) is 0 Å². The number of carbonyl (C=O) groups is 3. The number of amides is 1. The van der Waals surface area contributed by atoms with Crippen molar-refractivity contribution >= 4 is 40.4 Å². The molecule has 30 heavy (non-hydrogen) atoms. The average Bonchev–Trinajstić information content (AvgIpc) is 3.00. The maximum absolute atomic E-state index is 13.2. The topological polar surface area (TPSA) is 125 Å². The zero-order valence-corrected chi connectivity index (χ0v) is 17.7. The molecule has 1 aliphatic rings.